The lowest BCUT2D eigenvalue weighted by Gasteiger charge is -2.26. The third kappa shape index (κ3) is 5.32. The van der Waals surface area contributed by atoms with Crippen LogP contribution in [0.4, 0.5) is 5.69 Å². The minimum atomic E-state index is -3.67. The lowest BCUT2D eigenvalue weighted by molar-refractivity contribution is -0.113. The van der Waals surface area contributed by atoms with Crippen molar-refractivity contribution in [3.05, 3.63) is 24.1 Å². The number of hydrogen-bond donors (Lipinski definition) is 2. The first-order valence-corrected chi connectivity index (χ1v) is 11.4. The zero-order valence-electron chi connectivity index (χ0n) is 16.9. The number of carbonyl (C=O) groups excluding carboxylic acids is 1. The van der Waals surface area contributed by atoms with Crippen molar-refractivity contribution in [2.24, 2.45) is 5.92 Å². The molecule has 2 N–H and O–H groups in total. The maximum Gasteiger partial charge on any atom is 0.240 e. The molecule has 0 aliphatic heterocycles. The van der Waals surface area contributed by atoms with Crippen LogP contribution in [-0.2, 0) is 20.2 Å². The van der Waals surface area contributed by atoms with Gasteiger partial charge in [0.2, 0.25) is 21.8 Å². The molecule has 0 unspecified atom stereocenters. The summed E-state index contributed by atoms with van der Waals surface area (Å²) in [6.07, 6.45) is 3.66. The van der Waals surface area contributed by atoms with Crippen LogP contribution in [0.3, 0.4) is 0 Å². The van der Waals surface area contributed by atoms with Crippen molar-refractivity contribution in [1.29, 1.82) is 0 Å². The van der Waals surface area contributed by atoms with Gasteiger partial charge in [0.25, 0.3) is 0 Å². The molecule has 1 amide bonds. The summed E-state index contributed by atoms with van der Waals surface area (Å²) in [7, 11) is -3.67. The number of rotatable bonds is 5. The Bertz CT molecular complexity index is 951. The Kier molecular flexibility index (Phi) is 5.82. The van der Waals surface area contributed by atoms with Crippen LogP contribution in [0.25, 0.3) is 11.1 Å². The maximum absolute atomic E-state index is 12.3. The van der Waals surface area contributed by atoms with Gasteiger partial charge < -0.3 is 9.73 Å². The summed E-state index contributed by atoms with van der Waals surface area (Å²) >= 11 is 0. The van der Waals surface area contributed by atoms with Crippen molar-refractivity contribution in [2.45, 2.75) is 64.8 Å². The number of fused-ring (bicyclic) bond motifs is 1. The smallest absolute Gasteiger partial charge is 0.240 e. The molecule has 0 saturated heterocycles. The van der Waals surface area contributed by atoms with E-state index in [0.29, 0.717) is 28.6 Å². The molecular formula is C20H29N3O4S. The summed E-state index contributed by atoms with van der Waals surface area (Å²) in [6.45, 7) is 8.19. The van der Waals surface area contributed by atoms with Gasteiger partial charge in [-0.15, -0.1) is 0 Å². The van der Waals surface area contributed by atoms with Gasteiger partial charge >= 0.3 is 0 Å². The molecule has 154 valence electrons. The van der Waals surface area contributed by atoms with E-state index >= 15 is 0 Å². The number of oxazole rings is 1. The summed E-state index contributed by atoms with van der Waals surface area (Å²) in [6, 6.07) is 5.02. The third-order valence-electron chi connectivity index (χ3n) is 5.00. The van der Waals surface area contributed by atoms with E-state index in [1.807, 2.05) is 20.8 Å². The Morgan fingerprint density at radius 2 is 1.89 bits per heavy atom. The standard InChI is InChI=1S/C20H29N3O4S/c1-13-5-7-14(8-6-13)23-28(25,26)12-18(24)21-15-9-10-17-16(11-15)22-19(27-17)20(2,3)4/h9-11,13-14,23H,5-8,12H2,1-4H3,(H,21,24). The number of anilines is 1. The van der Waals surface area contributed by atoms with Gasteiger partial charge in [0.15, 0.2) is 5.58 Å². The van der Waals surface area contributed by atoms with E-state index in [-0.39, 0.29) is 11.5 Å². The monoisotopic (exact) mass is 407 g/mol. The molecule has 1 fully saturated rings. The molecule has 0 spiro atoms. The number of sulfonamides is 1. The largest absolute Gasteiger partial charge is 0.440 e. The summed E-state index contributed by atoms with van der Waals surface area (Å²) in [5.41, 5.74) is 1.52. The second-order valence-corrected chi connectivity index (χ2v) is 10.6. The van der Waals surface area contributed by atoms with Crippen LogP contribution >= 0.6 is 0 Å². The maximum atomic E-state index is 12.3. The average Bonchev–Trinajstić information content (AvgIpc) is 2.99. The average molecular weight is 408 g/mol. The van der Waals surface area contributed by atoms with Gasteiger partial charge in [-0.1, -0.05) is 27.7 Å². The second kappa shape index (κ2) is 7.83. The first kappa shape index (κ1) is 20.8. The molecule has 0 radical (unpaired) electrons. The molecule has 1 saturated carbocycles. The summed E-state index contributed by atoms with van der Waals surface area (Å²) in [4.78, 5) is 16.7. The van der Waals surface area contributed by atoms with Crippen LogP contribution in [0.5, 0.6) is 0 Å². The lowest BCUT2D eigenvalue weighted by Crippen LogP contribution is -2.41. The van der Waals surface area contributed by atoms with Crippen molar-refractivity contribution < 1.29 is 17.6 Å². The highest BCUT2D eigenvalue weighted by Gasteiger charge is 2.25. The molecule has 1 heterocycles. The highest BCUT2D eigenvalue weighted by atomic mass is 32.2. The Labute approximate surface area is 166 Å². The highest BCUT2D eigenvalue weighted by Crippen LogP contribution is 2.27. The first-order valence-electron chi connectivity index (χ1n) is 9.73. The second-order valence-electron chi connectivity index (χ2n) is 8.83. The summed E-state index contributed by atoms with van der Waals surface area (Å²) in [5.74, 6) is 0.0767. The van der Waals surface area contributed by atoms with Crippen molar-refractivity contribution in [1.82, 2.24) is 9.71 Å². The molecule has 28 heavy (non-hydrogen) atoms. The van der Waals surface area contributed by atoms with Gasteiger partial charge in [-0.2, -0.15) is 0 Å². The van der Waals surface area contributed by atoms with Gasteiger partial charge in [-0.25, -0.2) is 18.1 Å². The predicted octanol–water partition coefficient (Wildman–Crippen LogP) is 3.56. The number of benzene rings is 1. The van der Waals surface area contributed by atoms with E-state index in [1.165, 1.54) is 0 Å². The van der Waals surface area contributed by atoms with Crippen molar-refractivity contribution in [3.63, 3.8) is 0 Å². The van der Waals surface area contributed by atoms with Gasteiger partial charge in [-0.3, -0.25) is 4.79 Å². The van der Waals surface area contributed by atoms with Crippen molar-refractivity contribution >= 4 is 32.7 Å². The van der Waals surface area contributed by atoms with Crippen LogP contribution in [0.15, 0.2) is 22.6 Å². The summed E-state index contributed by atoms with van der Waals surface area (Å²) < 4.78 is 33.0. The molecule has 8 heteroatoms. The van der Waals surface area contributed by atoms with E-state index in [1.54, 1.807) is 18.2 Å². The van der Waals surface area contributed by atoms with E-state index in [2.05, 4.69) is 21.9 Å². The minimum absolute atomic E-state index is 0.0729. The highest BCUT2D eigenvalue weighted by molar-refractivity contribution is 7.90. The number of nitrogens with one attached hydrogen (secondary N) is 2. The Balaban J connectivity index is 1.62. The Morgan fingerprint density at radius 3 is 2.54 bits per heavy atom. The van der Waals surface area contributed by atoms with Crippen molar-refractivity contribution in [3.8, 4) is 0 Å². The normalized spacial score (nSPS) is 21.0. The number of nitrogens with zero attached hydrogens (tertiary/aromatic N) is 1. The third-order valence-corrected chi connectivity index (χ3v) is 6.33. The van der Waals surface area contributed by atoms with Crippen LogP contribution in [0.1, 0.15) is 59.3 Å². The van der Waals surface area contributed by atoms with E-state index in [0.717, 1.165) is 25.7 Å². The van der Waals surface area contributed by atoms with E-state index < -0.39 is 21.7 Å². The Hall–Kier alpha value is -1.93. The number of aromatic nitrogens is 1. The quantitative estimate of drug-likeness (QED) is 0.789. The molecule has 0 atom stereocenters. The molecule has 7 nitrogen and oxygen atoms in total. The van der Waals surface area contributed by atoms with Gasteiger partial charge in [0.05, 0.1) is 0 Å². The van der Waals surface area contributed by atoms with Crippen LogP contribution < -0.4 is 10.0 Å². The minimum Gasteiger partial charge on any atom is -0.440 e. The first-order chi connectivity index (χ1) is 13.0. The molecular weight excluding hydrogens is 378 g/mol. The Morgan fingerprint density at radius 1 is 1.21 bits per heavy atom. The fraction of sp³-hybridized carbons (Fsp3) is 0.600. The molecule has 1 aliphatic carbocycles. The lowest BCUT2D eigenvalue weighted by atomic mass is 9.88. The molecule has 1 aliphatic rings. The number of carbonyl (C=O) groups is 1. The summed E-state index contributed by atoms with van der Waals surface area (Å²) in [5, 5.41) is 2.64. The molecule has 3 rings (SSSR count). The predicted molar refractivity (Wildman–Crippen MR) is 110 cm³/mol. The molecule has 2 aromatic rings. The number of hydrogen-bond acceptors (Lipinski definition) is 5. The van der Waals surface area contributed by atoms with Gasteiger partial charge in [-0.05, 0) is 49.8 Å². The van der Waals surface area contributed by atoms with Gasteiger partial charge in [0.1, 0.15) is 11.3 Å². The molecule has 1 aromatic carbocycles. The fourth-order valence-electron chi connectivity index (χ4n) is 3.37. The zero-order chi connectivity index (χ0) is 20.5. The zero-order valence-corrected chi connectivity index (χ0v) is 17.7. The SMILES string of the molecule is CC1CCC(NS(=O)(=O)CC(=O)Nc2ccc3oc(C(C)(C)C)nc3c2)CC1. The number of amides is 1. The van der Waals surface area contributed by atoms with Crippen LogP contribution in [0, 0.1) is 5.92 Å². The van der Waals surface area contributed by atoms with Gasteiger partial charge in [0, 0.05) is 17.1 Å². The topological polar surface area (TPSA) is 101 Å². The van der Waals surface area contributed by atoms with E-state index in [4.69, 9.17) is 4.42 Å². The van der Waals surface area contributed by atoms with Crippen molar-refractivity contribution in [2.75, 3.05) is 11.1 Å². The fourth-order valence-corrected chi connectivity index (χ4v) is 4.61. The van der Waals surface area contributed by atoms with E-state index in [9.17, 15) is 13.2 Å². The molecule has 1 aromatic heterocycles. The van der Waals surface area contributed by atoms with Crippen LogP contribution in [-0.4, -0.2) is 31.1 Å². The molecule has 0 bridgehead atoms. The van der Waals surface area contributed by atoms with Crippen LogP contribution in [0.2, 0.25) is 0 Å².